The molecule has 0 aliphatic rings. The average molecular weight is 191 g/mol. The Kier molecular flexibility index (Phi) is 2.70. The van der Waals surface area contributed by atoms with Crippen LogP contribution in [0.25, 0.3) is 0 Å². The summed E-state index contributed by atoms with van der Waals surface area (Å²) in [6.45, 7) is 2.95. The molecule has 0 aliphatic carbocycles. The van der Waals surface area contributed by atoms with Crippen molar-refractivity contribution in [3.05, 3.63) is 48.3 Å². The van der Waals surface area contributed by atoms with Gasteiger partial charge in [0.25, 0.3) is 0 Å². The van der Waals surface area contributed by atoms with Crippen LogP contribution in [0.15, 0.2) is 45.8 Å². The molecular weight excluding hydrogens is 178 g/mol. The van der Waals surface area contributed by atoms with Gasteiger partial charge in [0, 0.05) is 5.56 Å². The predicted molar refractivity (Wildman–Crippen MR) is 52.9 cm³/mol. The zero-order chi connectivity index (χ0) is 9.80. The van der Waals surface area contributed by atoms with Gasteiger partial charge in [-0.15, -0.1) is 0 Å². The lowest BCUT2D eigenvalue weighted by atomic mass is 10.1. The summed E-state index contributed by atoms with van der Waals surface area (Å²) in [6, 6.07) is 5.88. The molecular formula is C11H13NO2. The van der Waals surface area contributed by atoms with E-state index in [9.17, 15) is 0 Å². The van der Waals surface area contributed by atoms with Crippen molar-refractivity contribution in [2.24, 2.45) is 0 Å². The third-order valence-electron chi connectivity index (χ3n) is 2.11. The van der Waals surface area contributed by atoms with Gasteiger partial charge in [-0.05, 0) is 24.7 Å². The molecule has 2 aromatic heterocycles. The molecule has 3 nitrogen and oxygen atoms in total. The molecule has 74 valence electrons. The Morgan fingerprint density at radius 1 is 1.36 bits per heavy atom. The Hall–Kier alpha value is -1.48. The highest BCUT2D eigenvalue weighted by molar-refractivity contribution is 5.22. The Morgan fingerprint density at radius 2 is 2.29 bits per heavy atom. The first kappa shape index (κ1) is 9.09. The molecule has 0 amide bonds. The number of nitrogens with one attached hydrogen (secondary N) is 1. The van der Waals surface area contributed by atoms with Crippen LogP contribution < -0.4 is 5.32 Å². The molecule has 0 bridgehead atoms. The van der Waals surface area contributed by atoms with Crippen LogP contribution in [0.3, 0.4) is 0 Å². The van der Waals surface area contributed by atoms with E-state index in [-0.39, 0.29) is 6.04 Å². The van der Waals surface area contributed by atoms with Gasteiger partial charge >= 0.3 is 0 Å². The summed E-state index contributed by atoms with van der Waals surface area (Å²) in [5.74, 6) is 0.910. The third kappa shape index (κ3) is 1.72. The van der Waals surface area contributed by atoms with Crippen LogP contribution in [-0.4, -0.2) is 6.54 Å². The molecule has 3 heteroatoms. The second kappa shape index (κ2) is 4.15. The van der Waals surface area contributed by atoms with Gasteiger partial charge in [-0.25, -0.2) is 0 Å². The predicted octanol–water partition coefficient (Wildman–Crippen LogP) is 2.57. The minimum atomic E-state index is 0.0914. The summed E-state index contributed by atoms with van der Waals surface area (Å²) in [5, 5.41) is 3.33. The van der Waals surface area contributed by atoms with E-state index >= 15 is 0 Å². The summed E-state index contributed by atoms with van der Waals surface area (Å²) < 4.78 is 10.4. The Bertz CT molecular complexity index is 316. The topological polar surface area (TPSA) is 38.3 Å². The highest BCUT2D eigenvalue weighted by Gasteiger charge is 2.16. The molecule has 0 fully saturated rings. The van der Waals surface area contributed by atoms with Crippen molar-refractivity contribution < 1.29 is 8.83 Å². The van der Waals surface area contributed by atoms with Crippen LogP contribution in [0.1, 0.15) is 24.3 Å². The van der Waals surface area contributed by atoms with Crippen LogP contribution in [0.2, 0.25) is 0 Å². The fraction of sp³-hybridized carbons (Fsp3) is 0.273. The van der Waals surface area contributed by atoms with Gasteiger partial charge in [-0.2, -0.15) is 0 Å². The van der Waals surface area contributed by atoms with Gasteiger partial charge in [0.15, 0.2) is 0 Å². The minimum Gasteiger partial charge on any atom is -0.472 e. The highest BCUT2D eigenvalue weighted by Crippen LogP contribution is 2.22. The Labute approximate surface area is 82.7 Å². The van der Waals surface area contributed by atoms with E-state index in [1.165, 1.54) is 0 Å². The molecule has 0 saturated heterocycles. The molecule has 0 spiro atoms. The second-order valence-electron chi connectivity index (χ2n) is 3.06. The zero-order valence-corrected chi connectivity index (χ0v) is 8.07. The molecule has 2 aromatic rings. The lowest BCUT2D eigenvalue weighted by Crippen LogP contribution is -2.20. The standard InChI is InChI=1S/C11H13NO2/c1-2-12-11(9-5-7-13-8-9)10-4-3-6-14-10/h3-8,11-12H,2H2,1H3. The molecule has 1 atom stereocenters. The van der Waals surface area contributed by atoms with E-state index in [1.807, 2.05) is 18.2 Å². The number of furan rings is 2. The molecule has 1 unspecified atom stereocenters. The molecule has 0 aliphatic heterocycles. The van der Waals surface area contributed by atoms with E-state index < -0.39 is 0 Å². The van der Waals surface area contributed by atoms with Crippen molar-refractivity contribution in [3.63, 3.8) is 0 Å². The van der Waals surface area contributed by atoms with Crippen LogP contribution in [0, 0.1) is 0 Å². The second-order valence-corrected chi connectivity index (χ2v) is 3.06. The third-order valence-corrected chi connectivity index (χ3v) is 2.11. The van der Waals surface area contributed by atoms with Crippen molar-refractivity contribution in [1.29, 1.82) is 0 Å². The maximum Gasteiger partial charge on any atom is 0.125 e. The summed E-state index contributed by atoms with van der Waals surface area (Å²) in [6.07, 6.45) is 5.08. The van der Waals surface area contributed by atoms with Crippen molar-refractivity contribution >= 4 is 0 Å². The van der Waals surface area contributed by atoms with Gasteiger partial charge in [0.05, 0.1) is 24.8 Å². The van der Waals surface area contributed by atoms with Gasteiger partial charge in [0.2, 0.25) is 0 Å². The largest absolute Gasteiger partial charge is 0.472 e. The SMILES string of the molecule is CCNC(c1ccoc1)c1ccco1. The van der Waals surface area contributed by atoms with Crippen molar-refractivity contribution in [2.45, 2.75) is 13.0 Å². The van der Waals surface area contributed by atoms with Gasteiger partial charge in [-0.3, -0.25) is 0 Å². The first-order valence-corrected chi connectivity index (χ1v) is 4.70. The van der Waals surface area contributed by atoms with E-state index in [0.717, 1.165) is 17.9 Å². The summed E-state index contributed by atoms with van der Waals surface area (Å²) in [5.41, 5.74) is 1.09. The fourth-order valence-corrected chi connectivity index (χ4v) is 1.48. The maximum absolute atomic E-state index is 5.37. The van der Waals surface area contributed by atoms with Crippen molar-refractivity contribution in [1.82, 2.24) is 5.32 Å². The summed E-state index contributed by atoms with van der Waals surface area (Å²) in [4.78, 5) is 0. The first-order chi connectivity index (χ1) is 6.92. The van der Waals surface area contributed by atoms with Gasteiger partial charge in [-0.1, -0.05) is 6.92 Å². The zero-order valence-electron chi connectivity index (χ0n) is 8.07. The molecule has 14 heavy (non-hydrogen) atoms. The van der Waals surface area contributed by atoms with E-state index in [1.54, 1.807) is 18.8 Å². The quantitative estimate of drug-likeness (QED) is 0.807. The normalized spacial score (nSPS) is 12.9. The molecule has 1 N–H and O–H groups in total. The maximum atomic E-state index is 5.37. The molecule has 2 heterocycles. The van der Waals surface area contributed by atoms with E-state index in [2.05, 4.69) is 12.2 Å². The lowest BCUT2D eigenvalue weighted by molar-refractivity contribution is 0.449. The number of hydrogen-bond acceptors (Lipinski definition) is 3. The van der Waals surface area contributed by atoms with Crippen molar-refractivity contribution in [3.8, 4) is 0 Å². The molecule has 0 saturated carbocycles. The fourth-order valence-electron chi connectivity index (χ4n) is 1.48. The molecule has 0 radical (unpaired) electrons. The summed E-state index contributed by atoms with van der Waals surface area (Å²) >= 11 is 0. The van der Waals surface area contributed by atoms with Crippen LogP contribution in [-0.2, 0) is 0 Å². The van der Waals surface area contributed by atoms with Crippen LogP contribution in [0.5, 0.6) is 0 Å². The van der Waals surface area contributed by atoms with E-state index in [4.69, 9.17) is 8.83 Å². The van der Waals surface area contributed by atoms with Gasteiger partial charge < -0.3 is 14.2 Å². The Balaban J connectivity index is 2.25. The van der Waals surface area contributed by atoms with Crippen LogP contribution >= 0.6 is 0 Å². The average Bonchev–Trinajstić information content (AvgIpc) is 2.87. The monoisotopic (exact) mass is 191 g/mol. The molecule has 2 rings (SSSR count). The van der Waals surface area contributed by atoms with Crippen LogP contribution in [0.4, 0.5) is 0 Å². The minimum absolute atomic E-state index is 0.0914. The Morgan fingerprint density at radius 3 is 2.86 bits per heavy atom. The van der Waals surface area contributed by atoms with Crippen molar-refractivity contribution in [2.75, 3.05) is 6.54 Å². The molecule has 0 aromatic carbocycles. The van der Waals surface area contributed by atoms with Gasteiger partial charge in [0.1, 0.15) is 5.76 Å². The highest BCUT2D eigenvalue weighted by atomic mass is 16.3. The number of rotatable bonds is 4. The smallest absolute Gasteiger partial charge is 0.125 e. The summed E-state index contributed by atoms with van der Waals surface area (Å²) in [7, 11) is 0. The lowest BCUT2D eigenvalue weighted by Gasteiger charge is -2.12. The number of hydrogen-bond donors (Lipinski definition) is 1. The first-order valence-electron chi connectivity index (χ1n) is 4.70. The van der Waals surface area contributed by atoms with E-state index in [0.29, 0.717) is 0 Å².